The highest BCUT2D eigenvalue weighted by Crippen LogP contribution is 2.33. The van der Waals surface area contributed by atoms with Crippen molar-refractivity contribution in [2.24, 2.45) is 11.7 Å². The van der Waals surface area contributed by atoms with Crippen molar-refractivity contribution >= 4 is 0 Å². The molecule has 1 fully saturated rings. The highest BCUT2D eigenvalue weighted by atomic mass is 16.3. The van der Waals surface area contributed by atoms with Crippen LogP contribution in [-0.2, 0) is 6.42 Å². The molecule has 0 aromatic carbocycles. The molecule has 1 atom stereocenters. The lowest BCUT2D eigenvalue weighted by Crippen LogP contribution is -2.23. The van der Waals surface area contributed by atoms with E-state index in [0.717, 1.165) is 12.3 Å². The first-order valence-electron chi connectivity index (χ1n) is 4.61. The highest BCUT2D eigenvalue weighted by Gasteiger charge is 2.23. The van der Waals surface area contributed by atoms with Crippen molar-refractivity contribution < 1.29 is 4.42 Å². The Morgan fingerprint density at radius 1 is 1.58 bits per heavy atom. The Kier molecular flexibility index (Phi) is 2.17. The Balaban J connectivity index is 1.77. The summed E-state index contributed by atoms with van der Waals surface area (Å²) in [6.45, 7) is 0. The SMILES string of the molecule is NC(Cc1ccoc1)CC1CC1. The van der Waals surface area contributed by atoms with Crippen molar-refractivity contribution in [3.63, 3.8) is 0 Å². The van der Waals surface area contributed by atoms with Gasteiger partial charge in [-0.3, -0.25) is 0 Å². The number of hydrogen-bond donors (Lipinski definition) is 1. The summed E-state index contributed by atoms with van der Waals surface area (Å²) in [6.07, 6.45) is 8.42. The van der Waals surface area contributed by atoms with Gasteiger partial charge in [-0.05, 0) is 30.4 Å². The van der Waals surface area contributed by atoms with Gasteiger partial charge in [0.05, 0.1) is 12.5 Å². The van der Waals surface area contributed by atoms with Crippen molar-refractivity contribution in [3.8, 4) is 0 Å². The number of rotatable bonds is 4. The number of furan rings is 1. The molecule has 1 saturated carbocycles. The lowest BCUT2D eigenvalue weighted by Gasteiger charge is -2.08. The summed E-state index contributed by atoms with van der Waals surface area (Å²) < 4.78 is 4.98. The van der Waals surface area contributed by atoms with Crippen molar-refractivity contribution in [1.82, 2.24) is 0 Å². The quantitative estimate of drug-likeness (QED) is 0.740. The Hall–Kier alpha value is -0.760. The van der Waals surface area contributed by atoms with Crippen molar-refractivity contribution in [1.29, 1.82) is 0 Å². The van der Waals surface area contributed by atoms with Gasteiger partial charge in [0.15, 0.2) is 0 Å². The molecule has 66 valence electrons. The third-order valence-electron chi connectivity index (χ3n) is 2.41. The Morgan fingerprint density at radius 3 is 3.00 bits per heavy atom. The fourth-order valence-corrected chi connectivity index (χ4v) is 1.58. The van der Waals surface area contributed by atoms with E-state index in [4.69, 9.17) is 10.2 Å². The predicted octanol–water partition coefficient (Wildman–Crippen LogP) is 1.95. The van der Waals surface area contributed by atoms with Crippen LogP contribution in [0.3, 0.4) is 0 Å². The lowest BCUT2D eigenvalue weighted by atomic mass is 10.0. The van der Waals surface area contributed by atoms with Crippen LogP contribution in [0.5, 0.6) is 0 Å². The summed E-state index contributed by atoms with van der Waals surface area (Å²) in [5.41, 5.74) is 7.19. The minimum Gasteiger partial charge on any atom is -0.472 e. The first-order chi connectivity index (χ1) is 5.84. The van der Waals surface area contributed by atoms with E-state index >= 15 is 0 Å². The van der Waals surface area contributed by atoms with E-state index in [1.54, 1.807) is 12.5 Å². The zero-order valence-electron chi connectivity index (χ0n) is 7.20. The Morgan fingerprint density at radius 2 is 2.42 bits per heavy atom. The van der Waals surface area contributed by atoms with Gasteiger partial charge in [0.25, 0.3) is 0 Å². The number of nitrogens with two attached hydrogens (primary N) is 1. The molecule has 2 rings (SSSR count). The van der Waals surface area contributed by atoms with Crippen LogP contribution in [0.4, 0.5) is 0 Å². The largest absolute Gasteiger partial charge is 0.472 e. The molecule has 0 amide bonds. The van der Waals surface area contributed by atoms with Crippen molar-refractivity contribution in [2.75, 3.05) is 0 Å². The molecule has 1 aliphatic carbocycles. The maximum atomic E-state index is 5.96. The highest BCUT2D eigenvalue weighted by molar-refractivity contribution is 5.07. The van der Waals surface area contributed by atoms with Gasteiger partial charge in [-0.1, -0.05) is 12.8 Å². The Labute approximate surface area is 72.7 Å². The van der Waals surface area contributed by atoms with Crippen molar-refractivity contribution in [3.05, 3.63) is 24.2 Å². The van der Waals surface area contributed by atoms with Gasteiger partial charge in [0.1, 0.15) is 0 Å². The van der Waals surface area contributed by atoms with Crippen LogP contribution in [0.2, 0.25) is 0 Å². The second kappa shape index (κ2) is 3.31. The summed E-state index contributed by atoms with van der Waals surface area (Å²) in [5.74, 6) is 0.923. The van der Waals surface area contributed by atoms with Gasteiger partial charge >= 0.3 is 0 Å². The minimum atomic E-state index is 0.329. The third-order valence-corrected chi connectivity index (χ3v) is 2.41. The average Bonchev–Trinajstić information content (AvgIpc) is 2.66. The fourth-order valence-electron chi connectivity index (χ4n) is 1.58. The smallest absolute Gasteiger partial charge is 0.0935 e. The first-order valence-corrected chi connectivity index (χ1v) is 4.61. The monoisotopic (exact) mass is 165 g/mol. The van der Waals surface area contributed by atoms with Gasteiger partial charge in [0.2, 0.25) is 0 Å². The molecule has 1 aromatic heterocycles. The second-order valence-electron chi connectivity index (χ2n) is 3.77. The maximum Gasteiger partial charge on any atom is 0.0935 e. The molecule has 0 spiro atoms. The Bertz CT molecular complexity index is 226. The molecular weight excluding hydrogens is 150 g/mol. The standard InChI is InChI=1S/C10H15NO/c11-10(5-8-1-2-8)6-9-3-4-12-7-9/h3-4,7-8,10H,1-2,5-6,11H2. The van der Waals surface area contributed by atoms with E-state index in [1.165, 1.54) is 24.8 Å². The van der Waals surface area contributed by atoms with Crippen LogP contribution in [0.25, 0.3) is 0 Å². The lowest BCUT2D eigenvalue weighted by molar-refractivity contribution is 0.545. The topological polar surface area (TPSA) is 39.2 Å². The molecule has 0 bridgehead atoms. The van der Waals surface area contributed by atoms with Crippen LogP contribution in [0.1, 0.15) is 24.8 Å². The van der Waals surface area contributed by atoms with Gasteiger partial charge in [-0.2, -0.15) is 0 Å². The predicted molar refractivity (Wildman–Crippen MR) is 47.7 cm³/mol. The van der Waals surface area contributed by atoms with Crippen LogP contribution in [-0.4, -0.2) is 6.04 Å². The van der Waals surface area contributed by atoms with E-state index in [-0.39, 0.29) is 0 Å². The number of hydrogen-bond acceptors (Lipinski definition) is 2. The van der Waals surface area contributed by atoms with E-state index in [9.17, 15) is 0 Å². The zero-order chi connectivity index (χ0) is 8.39. The summed E-state index contributed by atoms with van der Waals surface area (Å²) in [6, 6.07) is 2.32. The van der Waals surface area contributed by atoms with E-state index in [0.29, 0.717) is 6.04 Å². The van der Waals surface area contributed by atoms with Gasteiger partial charge in [-0.15, -0.1) is 0 Å². The van der Waals surface area contributed by atoms with E-state index < -0.39 is 0 Å². The van der Waals surface area contributed by atoms with E-state index in [2.05, 4.69) is 0 Å². The molecule has 0 saturated heterocycles. The van der Waals surface area contributed by atoms with E-state index in [1.807, 2.05) is 6.07 Å². The molecule has 2 heteroatoms. The summed E-state index contributed by atoms with van der Waals surface area (Å²) in [7, 11) is 0. The average molecular weight is 165 g/mol. The molecule has 1 aromatic rings. The van der Waals surface area contributed by atoms with Crippen LogP contribution < -0.4 is 5.73 Å². The molecular formula is C10H15NO. The maximum absolute atomic E-state index is 5.96. The molecule has 1 heterocycles. The zero-order valence-corrected chi connectivity index (χ0v) is 7.20. The van der Waals surface area contributed by atoms with Gasteiger partial charge < -0.3 is 10.2 Å². The summed E-state index contributed by atoms with van der Waals surface area (Å²) >= 11 is 0. The summed E-state index contributed by atoms with van der Waals surface area (Å²) in [4.78, 5) is 0. The van der Waals surface area contributed by atoms with Crippen LogP contribution in [0.15, 0.2) is 23.0 Å². The normalized spacial score (nSPS) is 19.4. The fraction of sp³-hybridized carbons (Fsp3) is 0.600. The van der Waals surface area contributed by atoms with Crippen LogP contribution >= 0.6 is 0 Å². The molecule has 2 nitrogen and oxygen atoms in total. The molecule has 2 N–H and O–H groups in total. The first kappa shape index (κ1) is 7.87. The van der Waals surface area contributed by atoms with Gasteiger partial charge in [-0.25, -0.2) is 0 Å². The molecule has 0 aliphatic heterocycles. The van der Waals surface area contributed by atoms with Crippen molar-refractivity contribution in [2.45, 2.75) is 31.7 Å². The molecule has 1 aliphatic rings. The second-order valence-corrected chi connectivity index (χ2v) is 3.77. The molecule has 1 unspecified atom stereocenters. The van der Waals surface area contributed by atoms with Gasteiger partial charge in [0, 0.05) is 6.04 Å². The third kappa shape index (κ3) is 2.11. The van der Waals surface area contributed by atoms with Crippen LogP contribution in [0, 0.1) is 5.92 Å². The molecule has 0 radical (unpaired) electrons. The summed E-state index contributed by atoms with van der Waals surface area (Å²) in [5, 5.41) is 0. The minimum absolute atomic E-state index is 0.329. The molecule has 12 heavy (non-hydrogen) atoms.